The largest absolute Gasteiger partial charge is 0.485 e. The summed E-state index contributed by atoms with van der Waals surface area (Å²) in [5.41, 5.74) is 0. The Morgan fingerprint density at radius 3 is 2.00 bits per heavy atom. The van der Waals surface area contributed by atoms with E-state index in [0.717, 1.165) is 6.40 Å². The summed E-state index contributed by atoms with van der Waals surface area (Å²) in [6, 6.07) is 0. The molecule has 0 aliphatic heterocycles. The van der Waals surface area contributed by atoms with Crippen LogP contribution in [0.1, 0.15) is 13.8 Å². The summed E-state index contributed by atoms with van der Waals surface area (Å²) in [6.07, 6.45) is 1.15. The Kier molecular flexibility index (Phi) is 25.4. The second kappa shape index (κ2) is 18.6. The quantitative estimate of drug-likeness (QED) is 0.229. The first kappa shape index (κ1) is 9.55. The van der Waals surface area contributed by atoms with Gasteiger partial charge in [0.1, 0.15) is 0 Å². The molecule has 0 aromatic carbocycles. The zero-order chi connectivity index (χ0) is 6.12. The predicted molar refractivity (Wildman–Crippen MR) is 31.0 cm³/mol. The van der Waals surface area contributed by atoms with E-state index in [-0.39, 0.29) is 0 Å². The number of hydrogen-bond donors (Lipinski definition) is 1. The first-order valence-electron chi connectivity index (χ1n) is 2.16. The molecule has 0 aliphatic carbocycles. The fourth-order valence-corrected chi connectivity index (χ4v) is 0.0609. The van der Waals surface area contributed by atoms with Crippen LogP contribution in [0.4, 0.5) is 0 Å². The minimum atomic E-state index is 1.15. The van der Waals surface area contributed by atoms with Gasteiger partial charge in [0.25, 0.3) is 0 Å². The van der Waals surface area contributed by atoms with Crippen molar-refractivity contribution in [1.29, 1.82) is 0 Å². The molecule has 0 amide bonds. The summed E-state index contributed by atoms with van der Waals surface area (Å²) in [5, 5.41) is 3.01. The number of ether oxygens (including phenoxy) is 1. The summed E-state index contributed by atoms with van der Waals surface area (Å²) in [5.74, 6) is 4.58. The average molecular weight is 104 g/mol. The number of nitrogens with two attached hydrogens (primary N) is 1. The zero-order valence-corrected chi connectivity index (χ0v) is 5.01. The molecule has 0 saturated heterocycles. The first-order chi connectivity index (χ1) is 3.41. The predicted octanol–water partition coefficient (Wildman–Crippen LogP) is 0.561. The lowest BCUT2D eigenvalue weighted by Gasteiger charge is -1.75. The van der Waals surface area contributed by atoms with E-state index in [1.165, 1.54) is 7.11 Å². The Morgan fingerprint density at radius 2 is 2.00 bits per heavy atom. The molecule has 7 heavy (non-hydrogen) atoms. The van der Waals surface area contributed by atoms with Crippen LogP contribution in [0.5, 0.6) is 0 Å². The third-order valence-electron chi connectivity index (χ3n) is 0.166. The van der Waals surface area contributed by atoms with Gasteiger partial charge in [-0.25, -0.2) is 0 Å². The Bertz CT molecular complexity index is 36.7. The van der Waals surface area contributed by atoms with Crippen molar-refractivity contribution in [3.63, 3.8) is 0 Å². The van der Waals surface area contributed by atoms with Crippen LogP contribution in [0, 0.1) is 0 Å². The van der Waals surface area contributed by atoms with Gasteiger partial charge in [-0.15, -0.1) is 0 Å². The normalized spacial score (nSPS) is 7.29. The van der Waals surface area contributed by atoms with E-state index in [1.54, 1.807) is 0 Å². The van der Waals surface area contributed by atoms with Gasteiger partial charge in [0, 0.05) is 0 Å². The molecule has 3 heteroatoms. The number of nitrogens with zero attached hydrogens (tertiary/aromatic N) is 1. The summed E-state index contributed by atoms with van der Waals surface area (Å²) in [6.45, 7) is 4.00. The number of rotatable bonds is 1. The molecule has 0 heterocycles. The van der Waals surface area contributed by atoms with E-state index in [9.17, 15) is 0 Å². The molecule has 44 valence electrons. The highest BCUT2D eigenvalue weighted by Gasteiger charge is 1.47. The van der Waals surface area contributed by atoms with Crippen molar-refractivity contribution in [2.45, 2.75) is 13.8 Å². The molecular weight excluding hydrogens is 92.1 g/mol. The monoisotopic (exact) mass is 104 g/mol. The van der Waals surface area contributed by atoms with Crippen molar-refractivity contribution in [3.05, 3.63) is 0 Å². The van der Waals surface area contributed by atoms with Gasteiger partial charge in [-0.1, -0.05) is 13.8 Å². The van der Waals surface area contributed by atoms with Crippen molar-refractivity contribution in [2.75, 3.05) is 7.11 Å². The molecule has 0 aliphatic rings. The number of hydrogen-bond acceptors (Lipinski definition) is 3. The molecule has 0 atom stereocenters. The van der Waals surface area contributed by atoms with Crippen LogP contribution < -0.4 is 5.84 Å². The van der Waals surface area contributed by atoms with Crippen LogP contribution in [-0.2, 0) is 4.74 Å². The minimum Gasteiger partial charge on any atom is -0.485 e. The van der Waals surface area contributed by atoms with Crippen LogP contribution in [0.15, 0.2) is 5.10 Å². The summed E-state index contributed by atoms with van der Waals surface area (Å²) >= 11 is 0. The van der Waals surface area contributed by atoms with Gasteiger partial charge in [-0.05, 0) is 0 Å². The smallest absolute Gasteiger partial charge is 0.191 e. The van der Waals surface area contributed by atoms with Crippen LogP contribution in [0.2, 0.25) is 0 Å². The van der Waals surface area contributed by atoms with Gasteiger partial charge in [0.15, 0.2) is 6.40 Å². The van der Waals surface area contributed by atoms with E-state index < -0.39 is 0 Å². The van der Waals surface area contributed by atoms with E-state index in [2.05, 4.69) is 15.7 Å². The molecule has 0 spiro atoms. The Hall–Kier alpha value is -0.730. The van der Waals surface area contributed by atoms with Crippen LogP contribution in [0.3, 0.4) is 0 Å². The van der Waals surface area contributed by atoms with E-state index >= 15 is 0 Å². The van der Waals surface area contributed by atoms with Crippen LogP contribution in [-0.4, -0.2) is 13.5 Å². The second-order valence-corrected chi connectivity index (χ2v) is 0.490. The lowest BCUT2D eigenvalue weighted by Crippen LogP contribution is -1.82. The van der Waals surface area contributed by atoms with Crippen molar-refractivity contribution in [1.82, 2.24) is 0 Å². The standard InChI is InChI=1S/C2H6N2O.C2H6/c1-5-2-4-3;1-2/h2H,3H2,1H3;1-2H3/b4-2-;. The maximum Gasteiger partial charge on any atom is 0.191 e. The fraction of sp³-hybridized carbons (Fsp3) is 0.750. The maximum absolute atomic E-state index is 4.58. The fourth-order valence-electron chi connectivity index (χ4n) is 0.0609. The van der Waals surface area contributed by atoms with E-state index in [1.807, 2.05) is 13.8 Å². The van der Waals surface area contributed by atoms with Crippen molar-refractivity contribution < 1.29 is 4.74 Å². The molecular formula is C4H12N2O. The van der Waals surface area contributed by atoms with Crippen molar-refractivity contribution >= 4 is 6.40 Å². The Morgan fingerprint density at radius 1 is 1.57 bits per heavy atom. The molecule has 2 N–H and O–H groups in total. The lowest BCUT2D eigenvalue weighted by atomic mass is 11.0. The second-order valence-electron chi connectivity index (χ2n) is 0.490. The molecule has 0 unspecified atom stereocenters. The van der Waals surface area contributed by atoms with Gasteiger partial charge >= 0.3 is 0 Å². The summed E-state index contributed by atoms with van der Waals surface area (Å²) in [4.78, 5) is 0. The van der Waals surface area contributed by atoms with Gasteiger partial charge in [-0.3, -0.25) is 0 Å². The van der Waals surface area contributed by atoms with Gasteiger partial charge < -0.3 is 10.6 Å². The summed E-state index contributed by atoms with van der Waals surface area (Å²) in [7, 11) is 1.48. The molecule has 0 radical (unpaired) electrons. The van der Waals surface area contributed by atoms with Crippen molar-refractivity contribution in [3.8, 4) is 0 Å². The third kappa shape index (κ3) is 34.9. The van der Waals surface area contributed by atoms with Crippen LogP contribution in [0.25, 0.3) is 0 Å². The van der Waals surface area contributed by atoms with Gasteiger partial charge in [-0.2, -0.15) is 5.10 Å². The lowest BCUT2D eigenvalue weighted by molar-refractivity contribution is 0.421. The highest BCUT2D eigenvalue weighted by Crippen LogP contribution is 1.44. The molecule has 0 saturated carbocycles. The molecule has 0 bridgehead atoms. The highest BCUT2D eigenvalue weighted by molar-refractivity contribution is 5.44. The number of methoxy groups -OCH3 is 1. The Labute approximate surface area is 44.2 Å². The zero-order valence-electron chi connectivity index (χ0n) is 5.01. The first-order valence-corrected chi connectivity index (χ1v) is 2.16. The van der Waals surface area contributed by atoms with Crippen LogP contribution >= 0.6 is 0 Å². The number of hydrazone groups is 1. The van der Waals surface area contributed by atoms with E-state index in [0.29, 0.717) is 0 Å². The van der Waals surface area contributed by atoms with Crippen molar-refractivity contribution in [2.24, 2.45) is 10.9 Å². The topological polar surface area (TPSA) is 47.6 Å². The maximum atomic E-state index is 4.58. The molecule has 3 nitrogen and oxygen atoms in total. The minimum absolute atomic E-state index is 1.15. The van der Waals surface area contributed by atoms with E-state index in [4.69, 9.17) is 0 Å². The highest BCUT2D eigenvalue weighted by atomic mass is 16.5. The summed E-state index contributed by atoms with van der Waals surface area (Å²) < 4.78 is 4.27. The molecule has 0 aromatic rings. The molecule has 0 aromatic heterocycles. The average Bonchev–Trinajstić information content (AvgIpc) is 1.75. The molecule has 0 fully saturated rings. The Balaban J connectivity index is 0. The SMILES string of the molecule is CC.CO/C=N\N. The third-order valence-corrected chi connectivity index (χ3v) is 0.166. The molecule has 0 rings (SSSR count). The van der Waals surface area contributed by atoms with Gasteiger partial charge in [0.05, 0.1) is 7.11 Å². The van der Waals surface area contributed by atoms with Gasteiger partial charge in [0.2, 0.25) is 0 Å².